The van der Waals surface area contributed by atoms with Crippen LogP contribution in [0.5, 0.6) is 0 Å². The molecule has 1 aromatic heterocycles. The molecule has 0 radical (unpaired) electrons. The Morgan fingerprint density at radius 3 is 2.39 bits per heavy atom. The van der Waals surface area contributed by atoms with E-state index in [2.05, 4.69) is 4.72 Å². The van der Waals surface area contributed by atoms with E-state index in [0.29, 0.717) is 12.1 Å². The molecule has 1 saturated heterocycles. The van der Waals surface area contributed by atoms with Gasteiger partial charge in [0.05, 0.1) is 17.7 Å². The molecule has 31 heavy (non-hydrogen) atoms. The molecule has 1 unspecified atom stereocenters. The molecule has 9 nitrogen and oxygen atoms in total. The molecule has 2 aromatic rings. The Kier molecular flexibility index (Phi) is 6.72. The number of likely N-dealkylation sites (tertiary alicyclic amines) is 1. The maximum atomic E-state index is 13.0. The fourth-order valence-electron chi connectivity index (χ4n) is 4.11. The van der Waals surface area contributed by atoms with Crippen molar-refractivity contribution in [2.45, 2.75) is 37.6 Å². The lowest BCUT2D eigenvalue weighted by atomic mass is 10.1. The van der Waals surface area contributed by atoms with Crippen LogP contribution >= 0.6 is 0 Å². The van der Waals surface area contributed by atoms with Crippen LogP contribution in [-0.2, 0) is 20.0 Å². The van der Waals surface area contributed by atoms with Gasteiger partial charge < -0.3 is 4.57 Å². The van der Waals surface area contributed by atoms with Crippen molar-refractivity contribution in [2.75, 3.05) is 25.9 Å². The SMILES string of the molecule is Cc1cc(C(=O)CN2CCCC(NS(C)(=O)=O)C2)c(C)n1-c1ccc(S(N)(=O)=O)cc1. The van der Waals surface area contributed by atoms with Gasteiger partial charge in [0, 0.05) is 35.2 Å². The number of nitrogens with two attached hydrogens (primary N) is 1. The van der Waals surface area contributed by atoms with E-state index in [1.54, 1.807) is 12.1 Å². The molecule has 0 bridgehead atoms. The quantitative estimate of drug-likeness (QED) is 0.581. The molecule has 3 N–H and O–H groups in total. The van der Waals surface area contributed by atoms with Gasteiger partial charge in [-0.2, -0.15) is 0 Å². The Morgan fingerprint density at radius 2 is 1.81 bits per heavy atom. The second-order valence-corrected chi connectivity index (χ2v) is 11.4. The lowest BCUT2D eigenvalue weighted by Crippen LogP contribution is -2.48. The summed E-state index contributed by atoms with van der Waals surface area (Å²) >= 11 is 0. The van der Waals surface area contributed by atoms with Gasteiger partial charge in [-0.1, -0.05) is 0 Å². The Balaban J connectivity index is 1.77. The number of sulfonamides is 2. The molecular weight excluding hydrogens is 440 g/mol. The van der Waals surface area contributed by atoms with Crippen molar-refractivity contribution in [3.63, 3.8) is 0 Å². The van der Waals surface area contributed by atoms with Gasteiger partial charge in [-0.25, -0.2) is 26.7 Å². The van der Waals surface area contributed by atoms with Crippen molar-refractivity contribution in [2.24, 2.45) is 5.14 Å². The van der Waals surface area contributed by atoms with Gasteiger partial charge in [-0.05, 0) is 63.6 Å². The molecule has 3 rings (SSSR count). The van der Waals surface area contributed by atoms with Crippen molar-refractivity contribution in [3.8, 4) is 5.69 Å². The first-order chi connectivity index (χ1) is 14.3. The summed E-state index contributed by atoms with van der Waals surface area (Å²) in [7, 11) is -7.06. The van der Waals surface area contributed by atoms with E-state index in [4.69, 9.17) is 5.14 Å². The number of rotatable bonds is 7. The normalized spacial score (nSPS) is 18.3. The largest absolute Gasteiger partial charge is 0.318 e. The van der Waals surface area contributed by atoms with Crippen LogP contribution in [0.3, 0.4) is 0 Å². The number of nitrogens with one attached hydrogen (secondary N) is 1. The monoisotopic (exact) mass is 468 g/mol. The summed E-state index contributed by atoms with van der Waals surface area (Å²) < 4.78 is 50.5. The number of carbonyl (C=O) groups is 1. The minimum absolute atomic E-state index is 0.0253. The van der Waals surface area contributed by atoms with E-state index in [9.17, 15) is 21.6 Å². The highest BCUT2D eigenvalue weighted by atomic mass is 32.2. The molecule has 0 amide bonds. The smallest absolute Gasteiger partial charge is 0.238 e. The first kappa shape index (κ1) is 23.6. The molecule has 0 saturated carbocycles. The number of ketones is 1. The number of aromatic nitrogens is 1. The Labute approximate surface area is 183 Å². The number of hydrogen-bond acceptors (Lipinski definition) is 6. The van der Waals surface area contributed by atoms with Crippen LogP contribution in [0.4, 0.5) is 0 Å². The van der Waals surface area contributed by atoms with Crippen LogP contribution in [0.2, 0.25) is 0 Å². The second-order valence-electron chi connectivity index (χ2n) is 8.05. The van der Waals surface area contributed by atoms with Gasteiger partial charge in [0.1, 0.15) is 0 Å². The van der Waals surface area contributed by atoms with Crippen molar-refractivity contribution < 1.29 is 21.6 Å². The Hall–Kier alpha value is -2.05. The first-order valence-electron chi connectivity index (χ1n) is 9.90. The summed E-state index contributed by atoms with van der Waals surface area (Å²) in [5.41, 5.74) is 2.93. The zero-order valence-corrected chi connectivity index (χ0v) is 19.5. The van der Waals surface area contributed by atoms with E-state index in [-0.39, 0.29) is 23.3 Å². The van der Waals surface area contributed by atoms with Crippen LogP contribution in [0.1, 0.15) is 34.6 Å². The van der Waals surface area contributed by atoms with Gasteiger partial charge in [0.15, 0.2) is 5.78 Å². The van der Waals surface area contributed by atoms with Crippen LogP contribution in [0.15, 0.2) is 35.2 Å². The molecule has 11 heteroatoms. The van der Waals surface area contributed by atoms with E-state index in [0.717, 1.165) is 42.7 Å². The predicted octanol–water partition coefficient (Wildman–Crippen LogP) is 0.938. The summed E-state index contributed by atoms with van der Waals surface area (Å²) in [6, 6.07) is 7.81. The van der Waals surface area contributed by atoms with Gasteiger partial charge in [-0.15, -0.1) is 0 Å². The Morgan fingerprint density at radius 1 is 1.16 bits per heavy atom. The summed E-state index contributed by atoms with van der Waals surface area (Å²) in [5.74, 6) is -0.0412. The molecule has 2 heterocycles. The summed E-state index contributed by atoms with van der Waals surface area (Å²) in [4.78, 5) is 15.0. The molecule has 1 aromatic carbocycles. The molecule has 1 aliphatic rings. The number of carbonyl (C=O) groups excluding carboxylic acids is 1. The third-order valence-electron chi connectivity index (χ3n) is 5.41. The molecule has 1 fully saturated rings. The number of nitrogens with zero attached hydrogens (tertiary/aromatic N) is 2. The minimum atomic E-state index is -3.77. The van der Waals surface area contributed by atoms with Crippen LogP contribution in [0, 0.1) is 13.8 Å². The summed E-state index contributed by atoms with van der Waals surface area (Å²) in [6.45, 7) is 5.16. The highest BCUT2D eigenvalue weighted by Crippen LogP contribution is 2.23. The summed E-state index contributed by atoms with van der Waals surface area (Å²) in [5, 5.41) is 5.16. The molecule has 0 aliphatic carbocycles. The van der Waals surface area contributed by atoms with E-state index >= 15 is 0 Å². The molecule has 1 atom stereocenters. The highest BCUT2D eigenvalue weighted by molar-refractivity contribution is 7.89. The fraction of sp³-hybridized carbons (Fsp3) is 0.450. The van der Waals surface area contributed by atoms with Gasteiger partial charge in [0.25, 0.3) is 0 Å². The van der Waals surface area contributed by atoms with E-state index in [1.807, 2.05) is 29.4 Å². The number of primary sulfonamides is 1. The minimum Gasteiger partial charge on any atom is -0.318 e. The van der Waals surface area contributed by atoms with Crippen molar-refractivity contribution in [1.82, 2.24) is 14.2 Å². The first-order valence-corrected chi connectivity index (χ1v) is 13.3. The number of Topliss-reactive ketones (excluding diaryl/α,β-unsaturated/α-hetero) is 1. The van der Waals surface area contributed by atoms with Crippen molar-refractivity contribution in [3.05, 3.63) is 47.3 Å². The van der Waals surface area contributed by atoms with E-state index < -0.39 is 20.0 Å². The lowest BCUT2D eigenvalue weighted by Gasteiger charge is -2.32. The molecule has 0 spiro atoms. The lowest BCUT2D eigenvalue weighted by molar-refractivity contribution is 0.0904. The third kappa shape index (κ3) is 5.80. The number of piperidine rings is 1. The number of benzene rings is 1. The summed E-state index contributed by atoms with van der Waals surface area (Å²) in [6.07, 6.45) is 2.71. The Bertz CT molecular complexity index is 1180. The van der Waals surface area contributed by atoms with E-state index in [1.165, 1.54) is 12.1 Å². The maximum Gasteiger partial charge on any atom is 0.238 e. The maximum absolute atomic E-state index is 13.0. The highest BCUT2D eigenvalue weighted by Gasteiger charge is 2.25. The third-order valence-corrected chi connectivity index (χ3v) is 7.10. The number of hydrogen-bond donors (Lipinski definition) is 2. The van der Waals surface area contributed by atoms with Crippen molar-refractivity contribution >= 4 is 25.8 Å². The topological polar surface area (TPSA) is 132 Å². The van der Waals surface area contributed by atoms with Gasteiger partial charge >= 0.3 is 0 Å². The van der Waals surface area contributed by atoms with Crippen molar-refractivity contribution in [1.29, 1.82) is 0 Å². The second kappa shape index (κ2) is 8.83. The van der Waals surface area contributed by atoms with Gasteiger partial charge in [0.2, 0.25) is 20.0 Å². The molecule has 170 valence electrons. The van der Waals surface area contributed by atoms with Crippen LogP contribution in [0.25, 0.3) is 5.69 Å². The average molecular weight is 469 g/mol. The average Bonchev–Trinajstić information content (AvgIpc) is 2.94. The number of aryl methyl sites for hydroxylation is 1. The predicted molar refractivity (Wildman–Crippen MR) is 118 cm³/mol. The zero-order chi connectivity index (χ0) is 23.0. The van der Waals surface area contributed by atoms with Crippen LogP contribution in [-0.4, -0.2) is 64.0 Å². The standard InChI is InChI=1S/C20H28N4O5S2/c1-14-11-19(15(2)24(14)17-6-8-18(9-7-17)31(21,28)29)20(25)13-23-10-4-5-16(12-23)22-30(3,26)27/h6-9,11,16,22H,4-5,10,12-13H2,1-3H3,(H2,21,28,29). The van der Waals surface area contributed by atoms with Crippen LogP contribution < -0.4 is 9.86 Å². The molecular formula is C20H28N4O5S2. The van der Waals surface area contributed by atoms with Gasteiger partial charge in [-0.3, -0.25) is 9.69 Å². The fourth-order valence-corrected chi connectivity index (χ4v) is 5.43. The molecule has 1 aliphatic heterocycles. The zero-order valence-electron chi connectivity index (χ0n) is 17.8.